The molecular weight excluding hydrogens is 242 g/mol. The van der Waals surface area contributed by atoms with Gasteiger partial charge >= 0.3 is 0 Å². The van der Waals surface area contributed by atoms with E-state index in [9.17, 15) is 0 Å². The van der Waals surface area contributed by atoms with Crippen molar-refractivity contribution >= 4 is 23.1 Å². The van der Waals surface area contributed by atoms with Crippen molar-refractivity contribution in [2.75, 3.05) is 5.73 Å². The molecule has 2 heterocycles. The SMILES string of the molecule is Cc1ccc2ncc(Sc3ccc(N)cc3)n2c1. The van der Waals surface area contributed by atoms with Crippen LogP contribution in [0.5, 0.6) is 0 Å². The van der Waals surface area contributed by atoms with Crippen molar-refractivity contribution in [1.82, 2.24) is 9.38 Å². The maximum Gasteiger partial charge on any atom is 0.137 e. The Bertz CT molecular complexity index is 686. The third-order valence-corrected chi connectivity index (χ3v) is 3.74. The summed E-state index contributed by atoms with van der Waals surface area (Å²) in [5.41, 5.74) is 8.66. The van der Waals surface area contributed by atoms with E-state index < -0.39 is 0 Å². The van der Waals surface area contributed by atoms with Gasteiger partial charge in [0, 0.05) is 16.8 Å². The average molecular weight is 255 g/mol. The lowest BCUT2D eigenvalue weighted by molar-refractivity contribution is 1.03. The number of imidazole rings is 1. The first-order chi connectivity index (χ1) is 8.72. The number of hydrogen-bond acceptors (Lipinski definition) is 3. The predicted octanol–water partition coefficient (Wildman–Crippen LogP) is 3.38. The Hall–Kier alpha value is -1.94. The molecule has 0 radical (unpaired) electrons. The molecule has 2 N–H and O–H groups in total. The summed E-state index contributed by atoms with van der Waals surface area (Å²) in [4.78, 5) is 5.55. The van der Waals surface area contributed by atoms with Crippen molar-refractivity contribution in [3.8, 4) is 0 Å². The first kappa shape index (κ1) is 11.2. The second-order valence-electron chi connectivity index (χ2n) is 4.20. The number of nitrogen functional groups attached to an aromatic ring is 1. The van der Waals surface area contributed by atoms with Gasteiger partial charge in [-0.05, 0) is 42.8 Å². The van der Waals surface area contributed by atoms with Crippen LogP contribution in [0.4, 0.5) is 5.69 Å². The van der Waals surface area contributed by atoms with E-state index in [2.05, 4.69) is 28.6 Å². The topological polar surface area (TPSA) is 43.3 Å². The molecule has 0 spiro atoms. The highest BCUT2D eigenvalue weighted by atomic mass is 32.2. The largest absolute Gasteiger partial charge is 0.399 e. The Morgan fingerprint density at radius 1 is 1.11 bits per heavy atom. The van der Waals surface area contributed by atoms with Gasteiger partial charge in [-0.3, -0.25) is 4.40 Å². The monoisotopic (exact) mass is 255 g/mol. The van der Waals surface area contributed by atoms with E-state index in [1.54, 1.807) is 11.8 Å². The minimum absolute atomic E-state index is 0.785. The molecule has 4 heteroatoms. The number of nitrogens with zero attached hydrogens (tertiary/aromatic N) is 2. The lowest BCUT2D eigenvalue weighted by atomic mass is 10.3. The number of aryl methyl sites for hydroxylation is 1. The molecular formula is C14H13N3S. The molecule has 0 atom stereocenters. The van der Waals surface area contributed by atoms with E-state index in [1.807, 2.05) is 36.5 Å². The number of anilines is 1. The molecule has 3 aromatic rings. The van der Waals surface area contributed by atoms with Crippen LogP contribution in [0, 0.1) is 6.92 Å². The number of benzene rings is 1. The van der Waals surface area contributed by atoms with Crippen molar-refractivity contribution in [1.29, 1.82) is 0 Å². The van der Waals surface area contributed by atoms with Crippen LogP contribution in [0.15, 0.2) is 58.7 Å². The molecule has 1 aromatic carbocycles. The molecule has 0 aliphatic carbocycles. The van der Waals surface area contributed by atoms with E-state index in [0.29, 0.717) is 0 Å². The molecule has 3 nitrogen and oxygen atoms in total. The number of hydrogen-bond donors (Lipinski definition) is 1. The van der Waals surface area contributed by atoms with Crippen LogP contribution in [0.25, 0.3) is 5.65 Å². The molecule has 0 fully saturated rings. The Kier molecular flexibility index (Phi) is 2.72. The summed E-state index contributed by atoms with van der Waals surface area (Å²) in [6.07, 6.45) is 4.00. The maximum absolute atomic E-state index is 5.68. The van der Waals surface area contributed by atoms with Crippen LogP contribution >= 0.6 is 11.8 Å². The Morgan fingerprint density at radius 3 is 2.67 bits per heavy atom. The number of pyridine rings is 1. The van der Waals surface area contributed by atoms with Gasteiger partial charge in [0.25, 0.3) is 0 Å². The number of fused-ring (bicyclic) bond motifs is 1. The van der Waals surface area contributed by atoms with Gasteiger partial charge in [0.05, 0.1) is 6.20 Å². The van der Waals surface area contributed by atoms with E-state index in [4.69, 9.17) is 5.73 Å². The average Bonchev–Trinajstić information content (AvgIpc) is 2.75. The van der Waals surface area contributed by atoms with Crippen molar-refractivity contribution < 1.29 is 0 Å². The van der Waals surface area contributed by atoms with Crippen molar-refractivity contribution in [3.63, 3.8) is 0 Å². The number of nitrogens with two attached hydrogens (primary N) is 1. The maximum atomic E-state index is 5.68. The molecule has 0 aliphatic heterocycles. The highest BCUT2D eigenvalue weighted by Gasteiger charge is 2.05. The van der Waals surface area contributed by atoms with Crippen LogP contribution in [-0.2, 0) is 0 Å². The third kappa shape index (κ3) is 2.07. The predicted molar refractivity (Wildman–Crippen MR) is 74.9 cm³/mol. The summed E-state index contributed by atoms with van der Waals surface area (Å²) in [6, 6.07) is 12.0. The van der Waals surface area contributed by atoms with Crippen molar-refractivity contribution in [2.45, 2.75) is 16.8 Å². The van der Waals surface area contributed by atoms with Gasteiger partial charge in [-0.25, -0.2) is 4.98 Å². The Morgan fingerprint density at radius 2 is 1.89 bits per heavy atom. The third-order valence-electron chi connectivity index (χ3n) is 2.72. The van der Waals surface area contributed by atoms with Gasteiger partial charge in [0.1, 0.15) is 10.7 Å². The minimum Gasteiger partial charge on any atom is -0.399 e. The smallest absolute Gasteiger partial charge is 0.137 e. The van der Waals surface area contributed by atoms with Crippen LogP contribution in [-0.4, -0.2) is 9.38 Å². The van der Waals surface area contributed by atoms with E-state index >= 15 is 0 Å². The first-order valence-electron chi connectivity index (χ1n) is 5.69. The van der Waals surface area contributed by atoms with Crippen LogP contribution in [0.1, 0.15) is 5.56 Å². The van der Waals surface area contributed by atoms with Crippen LogP contribution in [0.2, 0.25) is 0 Å². The lowest BCUT2D eigenvalue weighted by Crippen LogP contribution is -1.88. The van der Waals surface area contributed by atoms with Crippen molar-refractivity contribution in [3.05, 3.63) is 54.4 Å². The second-order valence-corrected chi connectivity index (χ2v) is 5.30. The quantitative estimate of drug-likeness (QED) is 0.714. The molecule has 0 unspecified atom stereocenters. The number of rotatable bonds is 2. The zero-order valence-corrected chi connectivity index (χ0v) is 10.8. The lowest BCUT2D eigenvalue weighted by Gasteiger charge is -2.03. The highest BCUT2D eigenvalue weighted by Crippen LogP contribution is 2.28. The second kappa shape index (κ2) is 4.38. The Balaban J connectivity index is 1.99. The van der Waals surface area contributed by atoms with Gasteiger partial charge < -0.3 is 5.73 Å². The fraction of sp³-hybridized carbons (Fsp3) is 0.0714. The van der Waals surface area contributed by atoms with E-state index in [0.717, 1.165) is 21.3 Å². The van der Waals surface area contributed by atoms with Crippen molar-refractivity contribution in [2.24, 2.45) is 0 Å². The van der Waals surface area contributed by atoms with Gasteiger partial charge in [-0.2, -0.15) is 0 Å². The zero-order chi connectivity index (χ0) is 12.5. The molecule has 3 rings (SSSR count). The van der Waals surface area contributed by atoms with Crippen LogP contribution < -0.4 is 5.73 Å². The molecule has 18 heavy (non-hydrogen) atoms. The molecule has 2 aromatic heterocycles. The summed E-state index contributed by atoms with van der Waals surface area (Å²) in [6.45, 7) is 2.08. The summed E-state index contributed by atoms with van der Waals surface area (Å²) in [5.74, 6) is 0. The van der Waals surface area contributed by atoms with E-state index in [-0.39, 0.29) is 0 Å². The molecule has 0 saturated carbocycles. The fourth-order valence-corrected chi connectivity index (χ4v) is 2.66. The standard InChI is InChI=1S/C14H13N3S/c1-10-2-7-13-16-8-14(17(13)9-10)18-12-5-3-11(15)4-6-12/h2-9H,15H2,1H3. The Labute approximate surface area is 110 Å². The summed E-state index contributed by atoms with van der Waals surface area (Å²) in [5, 5.41) is 1.11. The molecule has 0 aliphatic rings. The van der Waals surface area contributed by atoms with Gasteiger partial charge in [-0.1, -0.05) is 17.8 Å². The van der Waals surface area contributed by atoms with Gasteiger partial charge in [-0.15, -0.1) is 0 Å². The van der Waals surface area contributed by atoms with Crippen LogP contribution in [0.3, 0.4) is 0 Å². The minimum atomic E-state index is 0.785. The first-order valence-corrected chi connectivity index (χ1v) is 6.51. The molecule has 0 bridgehead atoms. The molecule has 0 saturated heterocycles. The fourth-order valence-electron chi connectivity index (χ4n) is 1.80. The normalized spacial score (nSPS) is 10.9. The molecule has 0 amide bonds. The number of aromatic nitrogens is 2. The van der Waals surface area contributed by atoms with E-state index in [1.165, 1.54) is 5.56 Å². The molecule has 90 valence electrons. The summed E-state index contributed by atoms with van der Waals surface area (Å²) >= 11 is 1.69. The summed E-state index contributed by atoms with van der Waals surface area (Å²) < 4.78 is 2.11. The summed E-state index contributed by atoms with van der Waals surface area (Å²) in [7, 11) is 0. The highest BCUT2D eigenvalue weighted by molar-refractivity contribution is 7.99. The zero-order valence-electron chi connectivity index (χ0n) is 10.00. The van der Waals surface area contributed by atoms with Gasteiger partial charge in [0.15, 0.2) is 0 Å². The van der Waals surface area contributed by atoms with Gasteiger partial charge in [0.2, 0.25) is 0 Å².